The van der Waals surface area contributed by atoms with E-state index in [-0.39, 0.29) is 6.54 Å². The van der Waals surface area contributed by atoms with E-state index in [9.17, 15) is 13.2 Å². The number of alkyl halides is 3. The maximum atomic E-state index is 12.5. The minimum absolute atomic E-state index is 0.205. The quantitative estimate of drug-likeness (QED) is 0.934. The lowest BCUT2D eigenvalue weighted by atomic mass is 9.99. The van der Waals surface area contributed by atoms with Crippen LogP contribution in [-0.4, -0.2) is 9.78 Å². The number of nitrogens with two attached hydrogens (primary N) is 1. The Morgan fingerprint density at radius 1 is 1.10 bits per heavy atom. The van der Waals surface area contributed by atoms with Gasteiger partial charge in [0.25, 0.3) is 0 Å². The Morgan fingerprint density at radius 2 is 1.67 bits per heavy atom. The molecule has 2 rings (SSSR count). The third-order valence-electron chi connectivity index (χ3n) is 3.35. The Balaban J connectivity index is 2.07. The molecule has 0 saturated carbocycles. The van der Waals surface area contributed by atoms with Gasteiger partial charge >= 0.3 is 6.18 Å². The fourth-order valence-corrected chi connectivity index (χ4v) is 2.05. The largest absolute Gasteiger partial charge is 0.435 e. The van der Waals surface area contributed by atoms with E-state index >= 15 is 0 Å². The molecule has 21 heavy (non-hydrogen) atoms. The van der Waals surface area contributed by atoms with Crippen molar-refractivity contribution in [2.45, 2.75) is 38.5 Å². The van der Waals surface area contributed by atoms with Crippen molar-refractivity contribution in [1.82, 2.24) is 9.78 Å². The van der Waals surface area contributed by atoms with Crippen molar-refractivity contribution in [3.63, 3.8) is 0 Å². The van der Waals surface area contributed by atoms with Gasteiger partial charge in [0.05, 0.1) is 6.54 Å². The topological polar surface area (TPSA) is 43.8 Å². The highest BCUT2D eigenvalue weighted by Gasteiger charge is 2.33. The smallest absolute Gasteiger partial charge is 0.322 e. The molecule has 2 aromatic rings. The molecule has 3 nitrogen and oxygen atoms in total. The summed E-state index contributed by atoms with van der Waals surface area (Å²) < 4.78 is 38.6. The van der Waals surface area contributed by atoms with E-state index in [0.717, 1.165) is 11.6 Å². The third kappa shape index (κ3) is 3.85. The van der Waals surface area contributed by atoms with E-state index in [1.54, 1.807) is 0 Å². The molecule has 0 saturated heterocycles. The zero-order chi connectivity index (χ0) is 15.6. The van der Waals surface area contributed by atoms with Gasteiger partial charge in [0.1, 0.15) is 0 Å². The van der Waals surface area contributed by atoms with Gasteiger partial charge in [0.2, 0.25) is 0 Å². The average molecular weight is 297 g/mol. The van der Waals surface area contributed by atoms with E-state index in [1.807, 2.05) is 24.3 Å². The van der Waals surface area contributed by atoms with Gasteiger partial charge in [0.15, 0.2) is 5.69 Å². The van der Waals surface area contributed by atoms with Crippen molar-refractivity contribution < 1.29 is 13.2 Å². The molecular formula is C15H18F3N3. The molecule has 1 atom stereocenters. The number of hydrogen-bond acceptors (Lipinski definition) is 2. The molecule has 0 aliphatic heterocycles. The number of nitrogens with zero attached hydrogens (tertiary/aromatic N) is 2. The van der Waals surface area contributed by atoms with Crippen LogP contribution in [0.4, 0.5) is 13.2 Å². The van der Waals surface area contributed by atoms with Crippen LogP contribution in [0.25, 0.3) is 0 Å². The third-order valence-corrected chi connectivity index (χ3v) is 3.35. The van der Waals surface area contributed by atoms with Crippen molar-refractivity contribution in [2.75, 3.05) is 0 Å². The number of aromatic nitrogens is 2. The fraction of sp³-hybridized carbons (Fsp3) is 0.400. The zero-order valence-electron chi connectivity index (χ0n) is 11.9. The first kappa shape index (κ1) is 15.6. The summed E-state index contributed by atoms with van der Waals surface area (Å²) in [6, 6.07) is 8.36. The Labute approximate surface area is 121 Å². The Kier molecular flexibility index (Phi) is 4.37. The van der Waals surface area contributed by atoms with Crippen LogP contribution >= 0.6 is 0 Å². The van der Waals surface area contributed by atoms with Gasteiger partial charge in [-0.2, -0.15) is 18.3 Å². The summed E-state index contributed by atoms with van der Waals surface area (Å²) in [5, 5.41) is 3.50. The molecule has 0 aliphatic rings. The predicted molar refractivity (Wildman–Crippen MR) is 74.7 cm³/mol. The molecule has 6 heteroatoms. The molecule has 0 amide bonds. The van der Waals surface area contributed by atoms with Crippen LogP contribution in [-0.2, 0) is 12.7 Å². The highest BCUT2D eigenvalue weighted by atomic mass is 19.4. The second-order valence-corrected chi connectivity index (χ2v) is 5.35. The number of benzene rings is 1. The van der Waals surface area contributed by atoms with Crippen LogP contribution in [0.15, 0.2) is 36.5 Å². The van der Waals surface area contributed by atoms with Crippen LogP contribution in [0.3, 0.4) is 0 Å². The van der Waals surface area contributed by atoms with Gasteiger partial charge in [-0.15, -0.1) is 0 Å². The molecular weight excluding hydrogens is 279 g/mol. The first-order chi connectivity index (χ1) is 9.77. The van der Waals surface area contributed by atoms with Crippen molar-refractivity contribution in [1.29, 1.82) is 0 Å². The Morgan fingerprint density at radius 3 is 2.14 bits per heavy atom. The zero-order valence-corrected chi connectivity index (χ0v) is 11.9. The molecule has 1 aromatic carbocycles. The summed E-state index contributed by atoms with van der Waals surface area (Å²) in [5.74, 6) is 0.427. The first-order valence-corrected chi connectivity index (χ1v) is 6.73. The molecule has 2 N–H and O–H groups in total. The normalized spacial score (nSPS) is 13.7. The highest BCUT2D eigenvalue weighted by molar-refractivity contribution is 5.26. The highest BCUT2D eigenvalue weighted by Crippen LogP contribution is 2.27. The van der Waals surface area contributed by atoms with E-state index in [4.69, 9.17) is 5.73 Å². The molecule has 0 aliphatic carbocycles. The second kappa shape index (κ2) is 5.89. The van der Waals surface area contributed by atoms with Crippen LogP contribution in [0.5, 0.6) is 0 Å². The van der Waals surface area contributed by atoms with Gasteiger partial charge in [-0.1, -0.05) is 38.1 Å². The summed E-state index contributed by atoms with van der Waals surface area (Å²) in [5.41, 5.74) is 7.21. The standard InChI is InChI=1S/C15H18F3N3/c1-10(2)11-3-5-12(6-4-11)13(19)9-21-8-7-14(20-21)15(16,17)18/h3-8,10,13H,9,19H2,1-2H3. The monoisotopic (exact) mass is 297 g/mol. The number of halogens is 3. The molecule has 114 valence electrons. The van der Waals surface area contributed by atoms with E-state index in [2.05, 4.69) is 18.9 Å². The number of rotatable bonds is 4. The Bertz CT molecular complexity index is 585. The average Bonchev–Trinajstić information content (AvgIpc) is 2.87. The molecule has 0 bridgehead atoms. The van der Waals surface area contributed by atoms with Crippen LogP contribution < -0.4 is 5.73 Å². The number of hydrogen-bond donors (Lipinski definition) is 1. The van der Waals surface area contributed by atoms with Crippen molar-refractivity contribution in [3.8, 4) is 0 Å². The predicted octanol–water partition coefficient (Wildman–Crippen LogP) is 3.73. The fourth-order valence-electron chi connectivity index (χ4n) is 2.05. The molecule has 1 heterocycles. The molecule has 0 spiro atoms. The molecule has 0 radical (unpaired) electrons. The van der Waals surface area contributed by atoms with Gasteiger partial charge in [0, 0.05) is 12.2 Å². The summed E-state index contributed by atoms with van der Waals surface area (Å²) in [6.07, 6.45) is -3.13. The maximum absolute atomic E-state index is 12.5. The lowest BCUT2D eigenvalue weighted by Crippen LogP contribution is -2.18. The lowest BCUT2D eigenvalue weighted by Gasteiger charge is -2.14. The Hall–Kier alpha value is -1.82. The van der Waals surface area contributed by atoms with E-state index in [1.165, 1.54) is 16.4 Å². The van der Waals surface area contributed by atoms with Crippen LogP contribution in [0.1, 0.15) is 42.6 Å². The van der Waals surface area contributed by atoms with E-state index in [0.29, 0.717) is 5.92 Å². The minimum Gasteiger partial charge on any atom is -0.322 e. The van der Waals surface area contributed by atoms with Crippen LogP contribution in [0, 0.1) is 0 Å². The van der Waals surface area contributed by atoms with Gasteiger partial charge < -0.3 is 5.73 Å². The van der Waals surface area contributed by atoms with Gasteiger partial charge in [-0.05, 0) is 23.1 Å². The first-order valence-electron chi connectivity index (χ1n) is 6.73. The summed E-state index contributed by atoms with van der Waals surface area (Å²) in [6.45, 7) is 4.39. The maximum Gasteiger partial charge on any atom is 0.435 e. The SMILES string of the molecule is CC(C)c1ccc(C(N)Cn2ccc(C(F)(F)F)n2)cc1. The second-order valence-electron chi connectivity index (χ2n) is 5.35. The minimum atomic E-state index is -4.42. The molecule has 1 aromatic heterocycles. The van der Waals surface area contributed by atoms with Crippen molar-refractivity contribution in [2.24, 2.45) is 5.73 Å². The van der Waals surface area contributed by atoms with Crippen molar-refractivity contribution in [3.05, 3.63) is 53.3 Å². The molecule has 1 unspecified atom stereocenters. The molecule has 0 fully saturated rings. The van der Waals surface area contributed by atoms with Gasteiger partial charge in [-0.25, -0.2) is 0 Å². The van der Waals surface area contributed by atoms with E-state index < -0.39 is 17.9 Å². The summed E-state index contributed by atoms with van der Waals surface area (Å²) >= 11 is 0. The van der Waals surface area contributed by atoms with Gasteiger partial charge in [-0.3, -0.25) is 4.68 Å². The van der Waals surface area contributed by atoms with Crippen LogP contribution in [0.2, 0.25) is 0 Å². The lowest BCUT2D eigenvalue weighted by molar-refractivity contribution is -0.141. The summed E-state index contributed by atoms with van der Waals surface area (Å²) in [4.78, 5) is 0. The summed E-state index contributed by atoms with van der Waals surface area (Å²) in [7, 11) is 0. The van der Waals surface area contributed by atoms with Crippen molar-refractivity contribution >= 4 is 0 Å².